The minimum atomic E-state index is 0.240. The van der Waals surface area contributed by atoms with E-state index >= 15 is 0 Å². The molecule has 0 heterocycles. The molecule has 0 bridgehead atoms. The van der Waals surface area contributed by atoms with Crippen molar-refractivity contribution in [3.8, 4) is 6.07 Å². The van der Waals surface area contributed by atoms with Crippen molar-refractivity contribution in [3.05, 3.63) is 0 Å². The van der Waals surface area contributed by atoms with Gasteiger partial charge in [-0.25, -0.2) is 0 Å². The largest absolute Gasteiger partial charge is 0.305 e. The second-order valence-corrected chi connectivity index (χ2v) is 3.02. The Balaban J connectivity index is 3.26. The average molecular weight is 168 g/mol. The first-order valence-corrected chi connectivity index (χ1v) is 4.21. The Kier molecular flexibility index (Phi) is 6.31. The molecule has 0 spiro atoms. The number of carbonyl (C=O) groups is 1. The lowest BCUT2D eigenvalue weighted by molar-refractivity contribution is -0.117. The van der Waals surface area contributed by atoms with Crippen LogP contribution in [0.15, 0.2) is 0 Å². The van der Waals surface area contributed by atoms with Crippen molar-refractivity contribution in [2.45, 2.75) is 26.2 Å². The van der Waals surface area contributed by atoms with E-state index in [1.807, 2.05) is 7.05 Å². The zero-order valence-electron chi connectivity index (χ0n) is 7.84. The Hall–Kier alpha value is -0.880. The number of rotatable bonds is 6. The van der Waals surface area contributed by atoms with Crippen LogP contribution in [-0.4, -0.2) is 30.8 Å². The molecule has 3 nitrogen and oxygen atoms in total. The molecule has 0 N–H and O–H groups in total. The van der Waals surface area contributed by atoms with Crippen molar-refractivity contribution in [3.63, 3.8) is 0 Å². The zero-order chi connectivity index (χ0) is 9.40. The van der Waals surface area contributed by atoms with Crippen LogP contribution in [0, 0.1) is 11.3 Å². The normalized spacial score (nSPS) is 9.83. The Morgan fingerprint density at radius 1 is 1.50 bits per heavy atom. The molecule has 0 aromatic rings. The summed E-state index contributed by atoms with van der Waals surface area (Å²) in [6.45, 7) is 3.31. The third-order valence-corrected chi connectivity index (χ3v) is 1.67. The predicted octanol–water partition coefficient (Wildman–Crippen LogP) is 1.20. The van der Waals surface area contributed by atoms with Crippen molar-refractivity contribution >= 4 is 5.78 Å². The highest BCUT2D eigenvalue weighted by Crippen LogP contribution is 1.94. The average Bonchev–Trinajstić information content (AvgIpc) is 2.00. The summed E-state index contributed by atoms with van der Waals surface area (Å²) in [5.74, 6) is 0.240. The Bertz CT molecular complexity index is 172. The summed E-state index contributed by atoms with van der Waals surface area (Å²) in [4.78, 5) is 12.6. The maximum Gasteiger partial charge on any atom is 0.129 e. The van der Waals surface area contributed by atoms with Gasteiger partial charge in [0.25, 0.3) is 0 Å². The number of Topliss-reactive ketones (excluding diaryl/α,β-unsaturated/α-hetero) is 1. The summed E-state index contributed by atoms with van der Waals surface area (Å²) in [5, 5.41) is 8.30. The topological polar surface area (TPSA) is 44.1 Å². The van der Waals surface area contributed by atoms with E-state index in [4.69, 9.17) is 5.26 Å². The molecule has 0 aliphatic heterocycles. The molecule has 0 saturated carbocycles. The number of hydrogen-bond donors (Lipinski definition) is 0. The van der Waals surface area contributed by atoms with E-state index < -0.39 is 0 Å². The van der Waals surface area contributed by atoms with Gasteiger partial charge in [0.1, 0.15) is 5.78 Å². The van der Waals surface area contributed by atoms with Crippen LogP contribution in [0.25, 0.3) is 0 Å². The standard InChI is InChI=1S/C9H16N2O/c1-9(12)5-3-7-11(2)8-4-6-10/h3-5,7-8H2,1-2H3. The maximum absolute atomic E-state index is 10.6. The Morgan fingerprint density at radius 3 is 2.67 bits per heavy atom. The van der Waals surface area contributed by atoms with Crippen LogP contribution in [0.5, 0.6) is 0 Å². The van der Waals surface area contributed by atoms with E-state index in [9.17, 15) is 4.79 Å². The minimum Gasteiger partial charge on any atom is -0.305 e. The molecule has 0 aromatic heterocycles. The van der Waals surface area contributed by atoms with E-state index in [2.05, 4.69) is 11.0 Å². The molecule has 0 unspecified atom stereocenters. The van der Waals surface area contributed by atoms with Crippen molar-refractivity contribution in [2.75, 3.05) is 20.1 Å². The number of carbonyl (C=O) groups excluding carboxylic acids is 1. The smallest absolute Gasteiger partial charge is 0.129 e. The van der Waals surface area contributed by atoms with Gasteiger partial charge >= 0.3 is 0 Å². The second kappa shape index (κ2) is 6.81. The van der Waals surface area contributed by atoms with Gasteiger partial charge in [-0.15, -0.1) is 0 Å². The maximum atomic E-state index is 10.6. The number of ketones is 1. The second-order valence-electron chi connectivity index (χ2n) is 3.02. The first kappa shape index (κ1) is 11.1. The lowest BCUT2D eigenvalue weighted by Crippen LogP contribution is -2.20. The van der Waals surface area contributed by atoms with Crippen molar-refractivity contribution in [2.24, 2.45) is 0 Å². The summed E-state index contributed by atoms with van der Waals surface area (Å²) >= 11 is 0. The SMILES string of the molecule is CC(=O)CCCN(C)CCC#N. The summed E-state index contributed by atoms with van der Waals surface area (Å²) in [5.41, 5.74) is 0. The van der Waals surface area contributed by atoms with E-state index in [0.717, 1.165) is 19.5 Å². The van der Waals surface area contributed by atoms with Crippen LogP contribution in [0.1, 0.15) is 26.2 Å². The molecular weight excluding hydrogens is 152 g/mol. The molecule has 0 aliphatic rings. The van der Waals surface area contributed by atoms with Gasteiger partial charge in [-0.2, -0.15) is 5.26 Å². The predicted molar refractivity (Wildman–Crippen MR) is 47.6 cm³/mol. The Labute approximate surface area is 74.0 Å². The third kappa shape index (κ3) is 7.23. The van der Waals surface area contributed by atoms with Gasteiger partial charge in [0.15, 0.2) is 0 Å². The van der Waals surface area contributed by atoms with Crippen molar-refractivity contribution in [1.82, 2.24) is 4.90 Å². The minimum absolute atomic E-state index is 0.240. The summed E-state index contributed by atoms with van der Waals surface area (Å²) in [6.07, 6.45) is 2.12. The van der Waals surface area contributed by atoms with E-state index in [1.54, 1.807) is 6.92 Å². The van der Waals surface area contributed by atoms with Gasteiger partial charge < -0.3 is 9.69 Å². The van der Waals surface area contributed by atoms with E-state index in [1.165, 1.54) is 0 Å². The molecule has 0 aromatic carbocycles. The first-order chi connectivity index (χ1) is 5.66. The molecule has 0 atom stereocenters. The monoisotopic (exact) mass is 168 g/mol. The highest BCUT2D eigenvalue weighted by Gasteiger charge is 1.98. The molecule has 3 heteroatoms. The summed E-state index contributed by atoms with van der Waals surface area (Å²) < 4.78 is 0. The third-order valence-electron chi connectivity index (χ3n) is 1.67. The molecule has 0 aliphatic carbocycles. The van der Waals surface area contributed by atoms with Gasteiger partial charge in [0, 0.05) is 19.4 Å². The van der Waals surface area contributed by atoms with E-state index in [0.29, 0.717) is 12.8 Å². The van der Waals surface area contributed by atoms with Crippen LogP contribution in [0.3, 0.4) is 0 Å². The van der Waals surface area contributed by atoms with Gasteiger partial charge in [-0.1, -0.05) is 0 Å². The summed E-state index contributed by atoms with van der Waals surface area (Å²) in [7, 11) is 1.97. The molecular formula is C9H16N2O. The zero-order valence-corrected chi connectivity index (χ0v) is 7.84. The van der Waals surface area contributed by atoms with Crippen LogP contribution >= 0.6 is 0 Å². The molecule has 0 amide bonds. The highest BCUT2D eigenvalue weighted by atomic mass is 16.1. The number of hydrogen-bond acceptors (Lipinski definition) is 3. The summed E-state index contributed by atoms with van der Waals surface area (Å²) in [6, 6.07) is 2.09. The fourth-order valence-electron chi connectivity index (χ4n) is 0.951. The lowest BCUT2D eigenvalue weighted by Gasteiger charge is -2.13. The van der Waals surface area contributed by atoms with Crippen LogP contribution in [-0.2, 0) is 4.79 Å². The molecule has 0 saturated heterocycles. The molecule has 0 fully saturated rings. The van der Waals surface area contributed by atoms with E-state index in [-0.39, 0.29) is 5.78 Å². The van der Waals surface area contributed by atoms with Gasteiger partial charge in [0.2, 0.25) is 0 Å². The molecule has 0 radical (unpaired) electrons. The molecule has 12 heavy (non-hydrogen) atoms. The van der Waals surface area contributed by atoms with Crippen LogP contribution in [0.4, 0.5) is 0 Å². The molecule has 0 rings (SSSR count). The lowest BCUT2D eigenvalue weighted by atomic mass is 10.2. The Morgan fingerprint density at radius 2 is 2.17 bits per heavy atom. The van der Waals surface area contributed by atoms with Gasteiger partial charge in [-0.05, 0) is 26.9 Å². The number of nitrogens with zero attached hydrogens (tertiary/aromatic N) is 2. The fourth-order valence-corrected chi connectivity index (χ4v) is 0.951. The quantitative estimate of drug-likeness (QED) is 0.598. The van der Waals surface area contributed by atoms with Crippen LogP contribution < -0.4 is 0 Å². The molecule has 68 valence electrons. The van der Waals surface area contributed by atoms with Gasteiger partial charge in [-0.3, -0.25) is 0 Å². The van der Waals surface area contributed by atoms with Gasteiger partial charge in [0.05, 0.1) is 6.07 Å². The van der Waals surface area contributed by atoms with Crippen LogP contribution in [0.2, 0.25) is 0 Å². The number of nitriles is 1. The fraction of sp³-hybridized carbons (Fsp3) is 0.778. The first-order valence-electron chi connectivity index (χ1n) is 4.21. The highest BCUT2D eigenvalue weighted by molar-refractivity contribution is 5.75. The van der Waals surface area contributed by atoms with Crippen molar-refractivity contribution in [1.29, 1.82) is 5.26 Å². The van der Waals surface area contributed by atoms with Crippen molar-refractivity contribution < 1.29 is 4.79 Å².